The topological polar surface area (TPSA) is 165 Å². The number of carboxylic acids is 2. The first-order chi connectivity index (χ1) is 24.0. The monoisotopic (exact) mass is 716 g/mol. The van der Waals surface area contributed by atoms with Gasteiger partial charge < -0.3 is 20.8 Å². The van der Waals surface area contributed by atoms with E-state index in [2.05, 4.69) is 30.4 Å². The van der Waals surface area contributed by atoms with Crippen molar-refractivity contribution < 1.29 is 29.4 Å². The number of hydrogen-bond donors (Lipinski definition) is 4. The standard InChI is InChI=1S/C36H40N6O6S2/c1-21-23(7-3-9-25(21)37-33(47)35-39-27-13-17-41(19-29(27)49-35)15-5-11-31(43)44)24-8-4-10-26(22(24)2)38-34(48)36-40-28-14-18-42(20-30(28)50-36)16-6-12-32(45)46/h3-4,7-10H,5-6,11-20H2,1-2H3,(H,37,47)(H,38,48)(H,43,44)(H,45,46). The highest BCUT2D eigenvalue weighted by molar-refractivity contribution is 7.14. The minimum atomic E-state index is -0.791. The molecule has 0 fully saturated rings. The van der Waals surface area contributed by atoms with E-state index in [1.54, 1.807) is 0 Å². The highest BCUT2D eigenvalue weighted by Crippen LogP contribution is 2.35. The van der Waals surface area contributed by atoms with Crippen molar-refractivity contribution in [3.8, 4) is 11.1 Å². The van der Waals surface area contributed by atoms with E-state index in [1.807, 2.05) is 50.2 Å². The Bertz CT molecular complexity index is 1800. The summed E-state index contributed by atoms with van der Waals surface area (Å²) in [6.07, 6.45) is 2.93. The Morgan fingerprint density at radius 2 is 1.12 bits per heavy atom. The van der Waals surface area contributed by atoms with Crippen LogP contribution < -0.4 is 10.6 Å². The van der Waals surface area contributed by atoms with E-state index in [0.29, 0.717) is 60.4 Å². The van der Waals surface area contributed by atoms with Crippen LogP contribution in [0.15, 0.2) is 36.4 Å². The van der Waals surface area contributed by atoms with Gasteiger partial charge in [0.1, 0.15) is 0 Å². The molecule has 2 aliphatic heterocycles. The van der Waals surface area contributed by atoms with E-state index < -0.39 is 11.9 Å². The number of aromatic nitrogens is 2. The zero-order valence-electron chi connectivity index (χ0n) is 28.1. The second-order valence-corrected chi connectivity index (χ2v) is 14.9. The molecule has 262 valence electrons. The maximum Gasteiger partial charge on any atom is 0.303 e. The lowest BCUT2D eigenvalue weighted by molar-refractivity contribution is -0.138. The van der Waals surface area contributed by atoms with Crippen molar-refractivity contribution in [1.82, 2.24) is 19.8 Å². The molecule has 6 rings (SSSR count). The first-order valence-electron chi connectivity index (χ1n) is 16.7. The van der Waals surface area contributed by atoms with Gasteiger partial charge in [0.05, 0.1) is 11.4 Å². The van der Waals surface area contributed by atoms with Gasteiger partial charge in [-0.1, -0.05) is 24.3 Å². The van der Waals surface area contributed by atoms with Crippen LogP contribution in [0.3, 0.4) is 0 Å². The number of hydrogen-bond acceptors (Lipinski definition) is 10. The number of thiazole rings is 2. The highest BCUT2D eigenvalue weighted by atomic mass is 32.1. The molecule has 0 saturated heterocycles. The lowest BCUT2D eigenvalue weighted by atomic mass is 9.94. The lowest BCUT2D eigenvalue weighted by Gasteiger charge is -2.25. The van der Waals surface area contributed by atoms with Gasteiger partial charge in [-0.3, -0.25) is 29.0 Å². The third kappa shape index (κ3) is 8.27. The number of aliphatic carboxylic acids is 2. The van der Waals surface area contributed by atoms with Gasteiger partial charge in [-0.25, -0.2) is 9.97 Å². The Morgan fingerprint density at radius 1 is 0.700 bits per heavy atom. The average Bonchev–Trinajstić information content (AvgIpc) is 3.71. The number of anilines is 2. The Morgan fingerprint density at radius 3 is 1.52 bits per heavy atom. The number of carbonyl (C=O) groups excluding carboxylic acids is 2. The number of carboxylic acid groups (broad SMARTS) is 2. The summed E-state index contributed by atoms with van der Waals surface area (Å²) in [5, 5.41) is 24.8. The Kier molecular flexibility index (Phi) is 11.0. The molecule has 0 unspecified atom stereocenters. The summed E-state index contributed by atoms with van der Waals surface area (Å²) in [4.78, 5) is 64.3. The van der Waals surface area contributed by atoms with E-state index in [1.165, 1.54) is 22.7 Å². The second-order valence-electron chi connectivity index (χ2n) is 12.7. The summed E-state index contributed by atoms with van der Waals surface area (Å²) in [6, 6.07) is 11.5. The van der Waals surface area contributed by atoms with Gasteiger partial charge in [0.25, 0.3) is 11.8 Å². The molecule has 2 aromatic carbocycles. The molecule has 0 spiro atoms. The van der Waals surface area contributed by atoms with E-state index in [9.17, 15) is 19.2 Å². The zero-order chi connectivity index (χ0) is 35.4. The third-order valence-corrected chi connectivity index (χ3v) is 11.4. The molecule has 0 radical (unpaired) electrons. The first-order valence-corrected chi connectivity index (χ1v) is 18.4. The van der Waals surface area contributed by atoms with E-state index in [4.69, 9.17) is 10.2 Å². The van der Waals surface area contributed by atoms with Crippen LogP contribution in [-0.4, -0.2) is 79.9 Å². The smallest absolute Gasteiger partial charge is 0.303 e. The second kappa shape index (κ2) is 15.6. The molecule has 2 amide bonds. The van der Waals surface area contributed by atoms with Gasteiger partial charge in [0.2, 0.25) is 0 Å². The van der Waals surface area contributed by atoms with E-state index in [0.717, 1.165) is 69.3 Å². The van der Waals surface area contributed by atoms with Gasteiger partial charge >= 0.3 is 11.9 Å². The Labute approximate surface area is 298 Å². The Hall–Kier alpha value is -4.50. The number of nitrogens with zero attached hydrogens (tertiary/aromatic N) is 4. The van der Waals surface area contributed by atoms with Gasteiger partial charge in [-0.15, -0.1) is 22.7 Å². The predicted molar refractivity (Wildman–Crippen MR) is 193 cm³/mol. The molecule has 0 aliphatic carbocycles. The van der Waals surface area contributed by atoms with E-state index >= 15 is 0 Å². The van der Waals surface area contributed by atoms with E-state index in [-0.39, 0.29) is 24.7 Å². The van der Waals surface area contributed by atoms with Crippen LogP contribution >= 0.6 is 22.7 Å². The molecule has 4 aromatic rings. The maximum atomic E-state index is 13.4. The molecule has 4 heterocycles. The molecule has 4 N–H and O–H groups in total. The lowest BCUT2D eigenvalue weighted by Crippen LogP contribution is -2.31. The summed E-state index contributed by atoms with van der Waals surface area (Å²) in [5.41, 5.74) is 6.85. The number of amides is 2. The molecular formula is C36H40N6O6S2. The molecule has 50 heavy (non-hydrogen) atoms. The van der Waals surface area contributed by atoms with Crippen LogP contribution in [0.1, 0.15) is 77.6 Å². The van der Waals surface area contributed by atoms with Crippen LogP contribution in [0.2, 0.25) is 0 Å². The van der Waals surface area contributed by atoms with Crippen molar-refractivity contribution in [2.45, 2.75) is 65.5 Å². The van der Waals surface area contributed by atoms with Crippen LogP contribution in [0.4, 0.5) is 11.4 Å². The SMILES string of the molecule is Cc1c(NC(=O)c2nc3c(s2)CN(CCCC(=O)O)CC3)cccc1-c1cccc(NC(=O)c2nc3c(s2)CN(CCCC(=O)O)CC3)c1C. The van der Waals surface area contributed by atoms with Crippen LogP contribution in [0.5, 0.6) is 0 Å². The van der Waals surface area contributed by atoms with Gasteiger partial charge in [-0.2, -0.15) is 0 Å². The quantitative estimate of drug-likeness (QED) is 0.132. The molecule has 0 atom stereocenters. The van der Waals surface area contributed by atoms with Gasteiger partial charge in [0, 0.05) is 73.0 Å². The molecule has 14 heteroatoms. The summed E-state index contributed by atoms with van der Waals surface area (Å²) < 4.78 is 0. The summed E-state index contributed by atoms with van der Waals surface area (Å²) >= 11 is 2.77. The molecule has 12 nitrogen and oxygen atoms in total. The van der Waals surface area contributed by atoms with Crippen molar-refractivity contribution in [2.24, 2.45) is 0 Å². The third-order valence-electron chi connectivity index (χ3n) is 9.19. The molecule has 0 bridgehead atoms. The Balaban J connectivity index is 1.11. The van der Waals surface area contributed by atoms with Crippen molar-refractivity contribution in [3.63, 3.8) is 0 Å². The fourth-order valence-corrected chi connectivity index (χ4v) is 8.55. The fraction of sp³-hybridized carbons (Fsp3) is 0.389. The van der Waals surface area contributed by atoms with Crippen LogP contribution in [0, 0.1) is 13.8 Å². The number of rotatable bonds is 13. The zero-order valence-corrected chi connectivity index (χ0v) is 29.7. The van der Waals surface area contributed by atoms with Crippen molar-refractivity contribution in [2.75, 3.05) is 36.8 Å². The van der Waals surface area contributed by atoms with Crippen LogP contribution in [0.25, 0.3) is 11.1 Å². The summed E-state index contributed by atoms with van der Waals surface area (Å²) in [6.45, 7) is 8.24. The first kappa shape index (κ1) is 35.3. The highest BCUT2D eigenvalue weighted by Gasteiger charge is 2.25. The summed E-state index contributed by atoms with van der Waals surface area (Å²) in [5.74, 6) is -2.12. The average molecular weight is 717 g/mol. The number of benzene rings is 2. The van der Waals surface area contributed by atoms with Gasteiger partial charge in [0.15, 0.2) is 10.0 Å². The van der Waals surface area contributed by atoms with Crippen molar-refractivity contribution >= 4 is 57.8 Å². The largest absolute Gasteiger partial charge is 0.481 e. The minimum Gasteiger partial charge on any atom is -0.481 e. The molecule has 0 saturated carbocycles. The number of nitrogens with one attached hydrogen (secondary N) is 2. The summed E-state index contributed by atoms with van der Waals surface area (Å²) in [7, 11) is 0. The normalized spacial score (nSPS) is 14.5. The molecule has 2 aromatic heterocycles. The van der Waals surface area contributed by atoms with Crippen molar-refractivity contribution in [1.29, 1.82) is 0 Å². The minimum absolute atomic E-state index is 0.144. The fourth-order valence-electron chi connectivity index (χ4n) is 6.46. The predicted octanol–water partition coefficient (Wildman–Crippen LogP) is 5.83. The van der Waals surface area contributed by atoms with Gasteiger partial charge in [-0.05, 0) is 74.2 Å². The van der Waals surface area contributed by atoms with Crippen molar-refractivity contribution in [3.05, 3.63) is 78.7 Å². The molecule has 2 aliphatic rings. The maximum absolute atomic E-state index is 13.4. The number of carbonyl (C=O) groups is 4. The molecular weight excluding hydrogens is 677 g/mol. The van der Waals surface area contributed by atoms with Crippen LogP contribution in [-0.2, 0) is 35.5 Å². The number of fused-ring (bicyclic) bond motifs is 2.